The van der Waals surface area contributed by atoms with Gasteiger partial charge in [-0.1, -0.05) is 27.7 Å². The highest BCUT2D eigenvalue weighted by molar-refractivity contribution is 5.84. The highest BCUT2D eigenvalue weighted by atomic mass is 16.5. The Morgan fingerprint density at radius 1 is 1.20 bits per heavy atom. The summed E-state index contributed by atoms with van der Waals surface area (Å²) < 4.78 is 11.6. The lowest BCUT2D eigenvalue weighted by atomic mass is 9.99. The van der Waals surface area contributed by atoms with Crippen LogP contribution in [0.4, 0.5) is 0 Å². The fourth-order valence-electron chi connectivity index (χ4n) is 2.46. The second kappa shape index (κ2) is 6.31. The Bertz CT molecular complexity index is 570. The Labute approximate surface area is 121 Å². The van der Waals surface area contributed by atoms with Gasteiger partial charge in [-0.2, -0.15) is 0 Å². The van der Waals surface area contributed by atoms with E-state index in [4.69, 9.17) is 9.15 Å². The first kappa shape index (κ1) is 14.9. The van der Waals surface area contributed by atoms with Gasteiger partial charge in [0.2, 0.25) is 0 Å². The van der Waals surface area contributed by atoms with Crippen LogP contribution in [0.1, 0.15) is 51.9 Å². The first-order chi connectivity index (χ1) is 9.52. The number of fused-ring (bicyclic) bond motifs is 1. The molecule has 0 bridgehead atoms. The molecule has 0 amide bonds. The van der Waals surface area contributed by atoms with Crippen LogP contribution in [0.3, 0.4) is 0 Å². The van der Waals surface area contributed by atoms with Crippen molar-refractivity contribution in [3.05, 3.63) is 29.5 Å². The second-order valence-corrected chi connectivity index (χ2v) is 5.72. The van der Waals surface area contributed by atoms with Gasteiger partial charge in [0.1, 0.15) is 17.1 Å². The fourth-order valence-corrected chi connectivity index (χ4v) is 2.46. The molecule has 3 heteroatoms. The maximum atomic E-state index is 6.03. The van der Waals surface area contributed by atoms with Crippen molar-refractivity contribution in [1.82, 2.24) is 5.32 Å². The molecule has 0 radical (unpaired) electrons. The molecular formula is C17H25NO2. The topological polar surface area (TPSA) is 34.4 Å². The number of benzene rings is 1. The first-order valence-corrected chi connectivity index (χ1v) is 7.44. The van der Waals surface area contributed by atoms with Crippen LogP contribution in [-0.2, 0) is 6.54 Å². The van der Waals surface area contributed by atoms with Gasteiger partial charge in [0.05, 0.1) is 13.2 Å². The molecule has 0 unspecified atom stereocenters. The average molecular weight is 275 g/mol. The van der Waals surface area contributed by atoms with Gasteiger partial charge >= 0.3 is 0 Å². The number of hydrogen-bond donors (Lipinski definition) is 1. The van der Waals surface area contributed by atoms with E-state index in [1.807, 2.05) is 19.1 Å². The molecule has 0 aliphatic rings. The molecular weight excluding hydrogens is 250 g/mol. The van der Waals surface area contributed by atoms with Gasteiger partial charge in [-0.15, -0.1) is 0 Å². The zero-order valence-corrected chi connectivity index (χ0v) is 13.1. The van der Waals surface area contributed by atoms with E-state index in [1.54, 1.807) is 0 Å². The summed E-state index contributed by atoms with van der Waals surface area (Å²) in [7, 11) is 0. The van der Waals surface area contributed by atoms with Gasteiger partial charge in [-0.25, -0.2) is 0 Å². The van der Waals surface area contributed by atoms with Crippen molar-refractivity contribution in [2.24, 2.45) is 0 Å². The minimum absolute atomic E-state index is 0.428. The maximum absolute atomic E-state index is 6.03. The van der Waals surface area contributed by atoms with Gasteiger partial charge in [-0.3, -0.25) is 0 Å². The summed E-state index contributed by atoms with van der Waals surface area (Å²) in [6.45, 7) is 12.1. The van der Waals surface area contributed by atoms with Crippen LogP contribution in [0.15, 0.2) is 22.6 Å². The largest absolute Gasteiger partial charge is 0.494 e. The van der Waals surface area contributed by atoms with E-state index < -0.39 is 0 Å². The normalized spacial score (nSPS) is 11.8. The zero-order chi connectivity index (χ0) is 14.7. The first-order valence-electron chi connectivity index (χ1n) is 7.44. The van der Waals surface area contributed by atoms with Crippen molar-refractivity contribution in [3.8, 4) is 5.75 Å². The summed E-state index contributed by atoms with van der Waals surface area (Å²) in [6.07, 6.45) is 0. The summed E-state index contributed by atoms with van der Waals surface area (Å²) >= 11 is 0. The Hall–Kier alpha value is -1.48. The van der Waals surface area contributed by atoms with Gasteiger partial charge in [0.25, 0.3) is 0 Å². The van der Waals surface area contributed by atoms with E-state index in [9.17, 15) is 0 Å². The number of nitrogens with one attached hydrogen (secondary N) is 1. The summed E-state index contributed by atoms with van der Waals surface area (Å²) in [6, 6.07) is 6.52. The molecule has 0 spiro atoms. The van der Waals surface area contributed by atoms with Gasteiger partial charge in [0, 0.05) is 17.0 Å². The molecule has 2 aromatic rings. The molecule has 0 aliphatic carbocycles. The van der Waals surface area contributed by atoms with E-state index >= 15 is 0 Å². The van der Waals surface area contributed by atoms with E-state index in [1.165, 1.54) is 10.9 Å². The smallest absolute Gasteiger partial charge is 0.134 e. The molecule has 0 saturated heterocycles. The summed E-state index contributed by atoms with van der Waals surface area (Å²) in [5.74, 6) is 2.38. The molecule has 1 aromatic carbocycles. The van der Waals surface area contributed by atoms with Gasteiger partial charge in [-0.05, 0) is 31.0 Å². The summed E-state index contributed by atoms with van der Waals surface area (Å²) in [5, 5.41) is 4.61. The minimum Gasteiger partial charge on any atom is -0.494 e. The van der Waals surface area contributed by atoms with E-state index in [0.717, 1.165) is 23.6 Å². The molecule has 0 fully saturated rings. The Morgan fingerprint density at radius 2 is 1.95 bits per heavy atom. The Kier molecular flexibility index (Phi) is 4.71. The predicted octanol–water partition coefficient (Wildman–Crippen LogP) is 4.45. The van der Waals surface area contributed by atoms with Gasteiger partial charge < -0.3 is 14.5 Å². The molecule has 20 heavy (non-hydrogen) atoms. The molecule has 0 saturated carbocycles. The van der Waals surface area contributed by atoms with Crippen LogP contribution in [0, 0.1) is 0 Å². The SMILES string of the molecule is CCOc1ccc2oc(CNC(C)C)c(C(C)C)c2c1. The van der Waals surface area contributed by atoms with Crippen LogP contribution < -0.4 is 10.1 Å². The monoisotopic (exact) mass is 275 g/mol. The number of ether oxygens (including phenoxy) is 1. The lowest BCUT2D eigenvalue weighted by molar-refractivity contribution is 0.340. The maximum Gasteiger partial charge on any atom is 0.134 e. The predicted molar refractivity (Wildman–Crippen MR) is 83.4 cm³/mol. The molecule has 1 heterocycles. The molecule has 0 aliphatic heterocycles. The third-order valence-electron chi connectivity index (χ3n) is 3.33. The van der Waals surface area contributed by atoms with Crippen molar-refractivity contribution >= 4 is 11.0 Å². The van der Waals surface area contributed by atoms with Crippen molar-refractivity contribution in [2.45, 2.75) is 53.1 Å². The van der Waals surface area contributed by atoms with Crippen molar-refractivity contribution in [3.63, 3.8) is 0 Å². The summed E-state index contributed by atoms with van der Waals surface area (Å²) in [5.41, 5.74) is 2.23. The standard InChI is InChI=1S/C17H25NO2/c1-6-19-13-7-8-15-14(9-13)17(11(2)3)16(20-15)10-18-12(4)5/h7-9,11-12,18H,6,10H2,1-5H3. The quantitative estimate of drug-likeness (QED) is 0.845. The molecule has 3 nitrogen and oxygen atoms in total. The van der Waals surface area contributed by atoms with Crippen LogP contribution in [0.5, 0.6) is 5.75 Å². The fraction of sp³-hybridized carbons (Fsp3) is 0.529. The molecule has 1 aromatic heterocycles. The molecule has 1 N–H and O–H groups in total. The van der Waals surface area contributed by atoms with Crippen molar-refractivity contribution in [1.29, 1.82) is 0 Å². The highest BCUT2D eigenvalue weighted by Crippen LogP contribution is 2.34. The molecule has 2 rings (SSSR count). The van der Waals surface area contributed by atoms with Crippen LogP contribution in [0.2, 0.25) is 0 Å². The van der Waals surface area contributed by atoms with E-state index in [-0.39, 0.29) is 0 Å². The van der Waals surface area contributed by atoms with Crippen molar-refractivity contribution < 1.29 is 9.15 Å². The molecule has 110 valence electrons. The number of hydrogen-bond acceptors (Lipinski definition) is 3. The number of rotatable bonds is 6. The average Bonchev–Trinajstić information content (AvgIpc) is 2.74. The Balaban J connectivity index is 2.44. The van der Waals surface area contributed by atoms with Crippen LogP contribution in [0.25, 0.3) is 11.0 Å². The van der Waals surface area contributed by atoms with Crippen molar-refractivity contribution in [2.75, 3.05) is 6.61 Å². The van der Waals surface area contributed by atoms with Crippen LogP contribution >= 0.6 is 0 Å². The highest BCUT2D eigenvalue weighted by Gasteiger charge is 2.17. The lowest BCUT2D eigenvalue weighted by Crippen LogP contribution is -2.22. The third kappa shape index (κ3) is 3.15. The lowest BCUT2D eigenvalue weighted by Gasteiger charge is -2.10. The summed E-state index contributed by atoms with van der Waals surface area (Å²) in [4.78, 5) is 0. The van der Waals surface area contributed by atoms with E-state index in [0.29, 0.717) is 18.6 Å². The van der Waals surface area contributed by atoms with E-state index in [2.05, 4.69) is 39.1 Å². The van der Waals surface area contributed by atoms with Gasteiger partial charge in [0.15, 0.2) is 0 Å². The Morgan fingerprint density at radius 3 is 2.55 bits per heavy atom. The molecule has 0 atom stereocenters. The zero-order valence-electron chi connectivity index (χ0n) is 13.1. The minimum atomic E-state index is 0.428. The number of furan rings is 1. The third-order valence-corrected chi connectivity index (χ3v) is 3.33. The van der Waals surface area contributed by atoms with Crippen LogP contribution in [-0.4, -0.2) is 12.6 Å². The second-order valence-electron chi connectivity index (χ2n) is 5.72.